The van der Waals surface area contributed by atoms with Crippen molar-refractivity contribution in [2.75, 3.05) is 39.6 Å². The standard InChI is InChI=1S/C33H26N4O/c1-2-11-24(12-3-1)36-22-34(27-15-5-7-17-29(27)36)21-35-23-37(30-18-8-6-16-28(30)35)31-19-10-14-26-25-13-4-9-20-32(25)38-33(26)31/h1-20H,21-23H2. The molecule has 0 atom stereocenters. The van der Waals surface area contributed by atoms with E-state index in [9.17, 15) is 0 Å². The van der Waals surface area contributed by atoms with Crippen LogP contribution in [0.4, 0.5) is 34.1 Å². The Morgan fingerprint density at radius 3 is 1.79 bits per heavy atom. The molecule has 0 fully saturated rings. The maximum atomic E-state index is 6.41. The minimum absolute atomic E-state index is 0.750. The van der Waals surface area contributed by atoms with Gasteiger partial charge < -0.3 is 24.0 Å². The summed E-state index contributed by atoms with van der Waals surface area (Å²) in [6.45, 7) is 2.34. The van der Waals surface area contributed by atoms with Crippen molar-refractivity contribution in [1.29, 1.82) is 0 Å². The molecule has 2 aliphatic heterocycles. The fourth-order valence-corrected chi connectivity index (χ4v) is 5.99. The summed E-state index contributed by atoms with van der Waals surface area (Å²) in [6.07, 6.45) is 0. The SMILES string of the molecule is c1ccc(N2CN(CN3CN(c4cccc5c4oc4ccccc45)c4ccccc43)c3ccccc32)cc1. The highest BCUT2D eigenvalue weighted by Crippen LogP contribution is 2.46. The van der Waals surface area contributed by atoms with Crippen molar-refractivity contribution < 1.29 is 4.42 Å². The molecule has 0 radical (unpaired) electrons. The lowest BCUT2D eigenvalue weighted by Crippen LogP contribution is -2.40. The lowest BCUT2D eigenvalue weighted by molar-refractivity contribution is 0.667. The normalized spacial score (nSPS) is 14.5. The molecule has 0 N–H and O–H groups in total. The third-order valence-corrected chi connectivity index (χ3v) is 7.73. The van der Waals surface area contributed by atoms with E-state index in [0.29, 0.717) is 0 Å². The molecular formula is C33H26N4O. The molecule has 1 aromatic heterocycles. The molecule has 5 aromatic carbocycles. The number of fused-ring (bicyclic) bond motifs is 5. The Hall–Kier alpha value is -4.90. The predicted octanol–water partition coefficient (Wildman–Crippen LogP) is 8.07. The van der Waals surface area contributed by atoms with E-state index in [0.717, 1.165) is 47.6 Å². The molecule has 0 spiro atoms. The molecule has 0 unspecified atom stereocenters. The van der Waals surface area contributed by atoms with Gasteiger partial charge in [0.25, 0.3) is 0 Å². The van der Waals surface area contributed by atoms with E-state index in [4.69, 9.17) is 4.42 Å². The molecule has 0 aliphatic carbocycles. The van der Waals surface area contributed by atoms with E-state index in [-0.39, 0.29) is 0 Å². The first kappa shape index (κ1) is 21.2. The van der Waals surface area contributed by atoms with E-state index < -0.39 is 0 Å². The second-order valence-corrected chi connectivity index (χ2v) is 9.93. The van der Waals surface area contributed by atoms with Crippen LogP contribution in [0.1, 0.15) is 0 Å². The van der Waals surface area contributed by atoms with Crippen molar-refractivity contribution in [3.05, 3.63) is 121 Å². The van der Waals surface area contributed by atoms with Crippen molar-refractivity contribution in [1.82, 2.24) is 0 Å². The lowest BCUT2D eigenvalue weighted by Gasteiger charge is -2.29. The smallest absolute Gasteiger partial charge is 0.159 e. The minimum atomic E-state index is 0.750. The number of hydrogen-bond acceptors (Lipinski definition) is 5. The topological polar surface area (TPSA) is 26.1 Å². The number of anilines is 6. The largest absolute Gasteiger partial charge is 0.454 e. The van der Waals surface area contributed by atoms with Crippen LogP contribution < -0.4 is 19.6 Å². The average Bonchev–Trinajstić information content (AvgIpc) is 3.66. The minimum Gasteiger partial charge on any atom is -0.454 e. The molecular weight excluding hydrogens is 468 g/mol. The van der Waals surface area contributed by atoms with Crippen molar-refractivity contribution in [2.45, 2.75) is 0 Å². The van der Waals surface area contributed by atoms with Crippen LogP contribution in [0.3, 0.4) is 0 Å². The summed E-state index contributed by atoms with van der Waals surface area (Å²) in [4.78, 5) is 9.70. The summed E-state index contributed by atoms with van der Waals surface area (Å²) in [7, 11) is 0. The van der Waals surface area contributed by atoms with Gasteiger partial charge in [0.15, 0.2) is 5.58 Å². The van der Waals surface area contributed by atoms with Gasteiger partial charge in [-0.1, -0.05) is 72.8 Å². The molecule has 6 aromatic rings. The van der Waals surface area contributed by atoms with Crippen LogP contribution in [-0.4, -0.2) is 20.0 Å². The quantitative estimate of drug-likeness (QED) is 0.247. The number of hydrogen-bond donors (Lipinski definition) is 0. The van der Waals surface area contributed by atoms with Crippen LogP contribution in [0.25, 0.3) is 21.9 Å². The maximum absolute atomic E-state index is 6.41. The number of para-hydroxylation sites is 7. The zero-order chi connectivity index (χ0) is 25.1. The first-order chi connectivity index (χ1) is 18.8. The van der Waals surface area contributed by atoms with Crippen molar-refractivity contribution in [3.8, 4) is 0 Å². The van der Waals surface area contributed by atoms with E-state index in [1.807, 2.05) is 12.1 Å². The highest BCUT2D eigenvalue weighted by molar-refractivity contribution is 6.10. The highest BCUT2D eigenvalue weighted by atomic mass is 16.3. The zero-order valence-electron chi connectivity index (χ0n) is 20.9. The fraction of sp³-hybridized carbons (Fsp3) is 0.0909. The summed E-state index contributed by atoms with van der Waals surface area (Å²) >= 11 is 0. The summed E-state index contributed by atoms with van der Waals surface area (Å²) in [5.74, 6) is 0. The monoisotopic (exact) mass is 494 g/mol. The summed E-state index contributed by atoms with van der Waals surface area (Å²) in [5, 5.41) is 2.31. The fourth-order valence-electron chi connectivity index (χ4n) is 5.99. The summed E-state index contributed by atoms with van der Waals surface area (Å²) < 4.78 is 6.41. The Labute approximate surface area is 221 Å². The van der Waals surface area contributed by atoms with Crippen LogP contribution in [0.15, 0.2) is 126 Å². The highest BCUT2D eigenvalue weighted by Gasteiger charge is 2.33. The van der Waals surface area contributed by atoms with Gasteiger partial charge in [0, 0.05) is 16.5 Å². The summed E-state index contributed by atoms with van der Waals surface area (Å²) in [6, 6.07) is 42.8. The predicted molar refractivity (Wildman–Crippen MR) is 157 cm³/mol. The number of rotatable bonds is 4. The lowest BCUT2D eigenvalue weighted by atomic mass is 10.1. The first-order valence-corrected chi connectivity index (χ1v) is 13.0. The zero-order valence-corrected chi connectivity index (χ0v) is 20.9. The Morgan fingerprint density at radius 1 is 0.474 bits per heavy atom. The van der Waals surface area contributed by atoms with Crippen molar-refractivity contribution in [2.24, 2.45) is 0 Å². The molecule has 8 rings (SSSR count). The van der Waals surface area contributed by atoms with E-state index >= 15 is 0 Å². The molecule has 0 saturated heterocycles. The van der Waals surface area contributed by atoms with Crippen LogP contribution in [0.2, 0.25) is 0 Å². The van der Waals surface area contributed by atoms with Gasteiger partial charge in [-0.05, 0) is 48.5 Å². The Bertz CT molecular complexity index is 1790. The molecule has 38 heavy (non-hydrogen) atoms. The van der Waals surface area contributed by atoms with Gasteiger partial charge in [-0.3, -0.25) is 0 Å². The van der Waals surface area contributed by atoms with Gasteiger partial charge in [0.05, 0.1) is 48.4 Å². The van der Waals surface area contributed by atoms with E-state index in [2.05, 4.69) is 129 Å². The molecule has 5 nitrogen and oxygen atoms in total. The van der Waals surface area contributed by atoms with Crippen molar-refractivity contribution in [3.63, 3.8) is 0 Å². The second kappa shape index (κ2) is 8.32. The summed E-state index contributed by atoms with van der Waals surface area (Å²) in [5.41, 5.74) is 9.11. The Morgan fingerprint density at radius 2 is 1.03 bits per heavy atom. The molecule has 184 valence electrons. The maximum Gasteiger partial charge on any atom is 0.159 e. The Balaban J connectivity index is 1.17. The molecule has 2 aliphatic rings. The van der Waals surface area contributed by atoms with Gasteiger partial charge in [-0.2, -0.15) is 0 Å². The average molecular weight is 495 g/mol. The number of nitrogens with zero attached hydrogens (tertiary/aromatic N) is 4. The van der Waals surface area contributed by atoms with Gasteiger partial charge in [0.1, 0.15) is 5.58 Å². The van der Waals surface area contributed by atoms with Gasteiger partial charge in [-0.25, -0.2) is 0 Å². The van der Waals surface area contributed by atoms with Gasteiger partial charge >= 0.3 is 0 Å². The molecule has 5 heteroatoms. The molecule has 3 heterocycles. The van der Waals surface area contributed by atoms with Crippen LogP contribution >= 0.6 is 0 Å². The molecule has 0 bridgehead atoms. The first-order valence-electron chi connectivity index (χ1n) is 13.0. The molecule has 0 saturated carbocycles. The number of benzene rings is 5. The third kappa shape index (κ3) is 3.18. The van der Waals surface area contributed by atoms with Crippen LogP contribution in [0.5, 0.6) is 0 Å². The third-order valence-electron chi connectivity index (χ3n) is 7.73. The van der Waals surface area contributed by atoms with E-state index in [1.54, 1.807) is 0 Å². The van der Waals surface area contributed by atoms with Crippen LogP contribution in [-0.2, 0) is 0 Å². The number of furan rings is 1. The Kier molecular flexibility index (Phi) is 4.64. The second-order valence-electron chi connectivity index (χ2n) is 9.93. The van der Waals surface area contributed by atoms with Gasteiger partial charge in [-0.15, -0.1) is 0 Å². The van der Waals surface area contributed by atoms with Crippen LogP contribution in [0, 0.1) is 0 Å². The molecule has 0 amide bonds. The van der Waals surface area contributed by atoms with E-state index in [1.165, 1.54) is 28.4 Å². The van der Waals surface area contributed by atoms with Gasteiger partial charge in [0.2, 0.25) is 0 Å². The van der Waals surface area contributed by atoms with Crippen molar-refractivity contribution >= 4 is 56.1 Å².